The Labute approximate surface area is 245 Å². The standard InChI is InChI=1S/C30H33N5O5S/c1-9-24-32-23-13-11-20(17-21(23)25(33-24)38-14-15-39-28(37)40-29(3,4)5)35-27(41)34(26(36)30(35,6)7)19-10-12-22(31-8)18(2)16-19/h10-13,16-17H,9,14-15H2,1-7H3. The van der Waals surface area contributed by atoms with Crippen LogP contribution in [0.5, 0.6) is 5.88 Å². The van der Waals surface area contributed by atoms with Crippen LogP contribution in [0.1, 0.15) is 52.9 Å². The number of rotatable bonds is 7. The van der Waals surface area contributed by atoms with Crippen molar-refractivity contribution in [3.05, 3.63) is 59.2 Å². The Morgan fingerprint density at radius 2 is 1.80 bits per heavy atom. The summed E-state index contributed by atoms with van der Waals surface area (Å²) >= 11 is 5.85. The minimum absolute atomic E-state index is 0.0278. The number of anilines is 2. The van der Waals surface area contributed by atoms with Gasteiger partial charge in [0.05, 0.1) is 17.5 Å². The van der Waals surface area contributed by atoms with E-state index in [2.05, 4.69) is 14.8 Å². The van der Waals surface area contributed by atoms with Gasteiger partial charge in [0.2, 0.25) is 5.88 Å². The Kier molecular flexibility index (Phi) is 8.17. The van der Waals surface area contributed by atoms with Gasteiger partial charge in [-0.2, -0.15) is 4.98 Å². The zero-order valence-corrected chi connectivity index (χ0v) is 25.1. The molecular weight excluding hydrogens is 542 g/mol. The van der Waals surface area contributed by atoms with Crippen LogP contribution in [0, 0.1) is 13.5 Å². The molecule has 1 saturated heterocycles. The monoisotopic (exact) mass is 575 g/mol. The molecular formula is C30H33N5O5S. The molecule has 214 valence electrons. The number of hydrogen-bond acceptors (Lipinski definition) is 8. The quantitative estimate of drug-likeness (QED) is 0.139. The van der Waals surface area contributed by atoms with E-state index in [0.29, 0.717) is 51.2 Å². The molecule has 41 heavy (non-hydrogen) atoms. The third-order valence-corrected chi connectivity index (χ3v) is 6.79. The van der Waals surface area contributed by atoms with Crippen molar-refractivity contribution in [2.45, 2.75) is 66.0 Å². The lowest BCUT2D eigenvalue weighted by molar-refractivity contribution is -0.120. The van der Waals surface area contributed by atoms with Crippen LogP contribution in [0.15, 0.2) is 36.4 Å². The molecule has 4 rings (SSSR count). The number of nitrogens with zero attached hydrogens (tertiary/aromatic N) is 5. The number of carbonyl (C=O) groups excluding carboxylic acids is 2. The lowest BCUT2D eigenvalue weighted by Crippen LogP contribution is -2.44. The molecule has 1 aromatic heterocycles. The smallest absolute Gasteiger partial charge is 0.474 e. The summed E-state index contributed by atoms with van der Waals surface area (Å²) in [6.45, 7) is 20.0. The predicted octanol–water partition coefficient (Wildman–Crippen LogP) is 6.30. The van der Waals surface area contributed by atoms with Crippen molar-refractivity contribution in [2.24, 2.45) is 0 Å². The van der Waals surface area contributed by atoms with Crippen LogP contribution in [-0.2, 0) is 20.7 Å². The van der Waals surface area contributed by atoms with Gasteiger partial charge in [0.1, 0.15) is 30.2 Å². The molecule has 0 aliphatic carbocycles. The number of ether oxygens (including phenoxy) is 3. The van der Waals surface area contributed by atoms with E-state index < -0.39 is 17.3 Å². The fourth-order valence-electron chi connectivity index (χ4n) is 4.44. The van der Waals surface area contributed by atoms with Crippen LogP contribution in [-0.4, -0.2) is 51.5 Å². The molecule has 0 bridgehead atoms. The summed E-state index contributed by atoms with van der Waals surface area (Å²) in [6, 6.07) is 10.8. The summed E-state index contributed by atoms with van der Waals surface area (Å²) in [5.41, 5.74) is 1.56. The highest BCUT2D eigenvalue weighted by atomic mass is 32.1. The van der Waals surface area contributed by atoms with Gasteiger partial charge in [-0.25, -0.2) is 14.6 Å². The summed E-state index contributed by atoms with van der Waals surface area (Å²) in [5, 5.41) is 0.937. The van der Waals surface area contributed by atoms with E-state index in [1.807, 2.05) is 45.9 Å². The first-order valence-corrected chi connectivity index (χ1v) is 13.6. The first kappa shape index (κ1) is 29.7. The van der Waals surface area contributed by atoms with Gasteiger partial charge in [0, 0.05) is 17.8 Å². The molecule has 0 saturated carbocycles. The number of aryl methyl sites for hydroxylation is 2. The average Bonchev–Trinajstić information content (AvgIpc) is 3.07. The van der Waals surface area contributed by atoms with Crippen LogP contribution in [0.3, 0.4) is 0 Å². The fraction of sp³-hybridized carbons (Fsp3) is 0.400. The number of benzene rings is 2. The maximum Gasteiger partial charge on any atom is 0.508 e. The van der Waals surface area contributed by atoms with E-state index in [1.165, 1.54) is 4.90 Å². The topological polar surface area (TPSA) is 98.5 Å². The van der Waals surface area contributed by atoms with E-state index in [4.69, 9.17) is 33.0 Å². The third-order valence-electron chi connectivity index (χ3n) is 6.42. The van der Waals surface area contributed by atoms with E-state index in [9.17, 15) is 9.59 Å². The van der Waals surface area contributed by atoms with Crippen molar-refractivity contribution in [2.75, 3.05) is 23.0 Å². The summed E-state index contributed by atoms with van der Waals surface area (Å²) in [5.74, 6) is 0.744. The average molecular weight is 576 g/mol. The van der Waals surface area contributed by atoms with Crippen molar-refractivity contribution < 1.29 is 23.8 Å². The molecule has 11 heteroatoms. The molecule has 3 aromatic rings. The Balaban J connectivity index is 1.64. The van der Waals surface area contributed by atoms with Crippen molar-refractivity contribution in [1.82, 2.24) is 9.97 Å². The summed E-state index contributed by atoms with van der Waals surface area (Å²) in [6.07, 6.45) is -0.177. The number of thiocarbonyl (C=S) groups is 1. The van der Waals surface area contributed by atoms with Crippen LogP contribution in [0.25, 0.3) is 15.7 Å². The zero-order valence-electron chi connectivity index (χ0n) is 24.3. The van der Waals surface area contributed by atoms with E-state index in [-0.39, 0.29) is 19.1 Å². The Hall–Kier alpha value is -4.30. The van der Waals surface area contributed by atoms with E-state index in [0.717, 1.165) is 5.56 Å². The molecule has 0 N–H and O–H groups in total. The van der Waals surface area contributed by atoms with Crippen LogP contribution in [0.4, 0.5) is 21.9 Å². The minimum atomic E-state index is -0.996. The lowest BCUT2D eigenvalue weighted by Gasteiger charge is -2.29. The predicted molar refractivity (Wildman–Crippen MR) is 161 cm³/mol. The van der Waals surface area contributed by atoms with Crippen LogP contribution < -0.4 is 14.5 Å². The molecule has 0 spiro atoms. The first-order chi connectivity index (χ1) is 19.3. The summed E-state index contributed by atoms with van der Waals surface area (Å²) in [7, 11) is 0. The summed E-state index contributed by atoms with van der Waals surface area (Å²) < 4.78 is 16.2. The molecule has 0 unspecified atom stereocenters. The van der Waals surface area contributed by atoms with Gasteiger partial charge in [-0.05, 0) is 89.7 Å². The van der Waals surface area contributed by atoms with Crippen LogP contribution in [0.2, 0.25) is 0 Å². The van der Waals surface area contributed by atoms with Crippen molar-refractivity contribution in [3.63, 3.8) is 0 Å². The number of amides is 1. The molecule has 1 amide bonds. The summed E-state index contributed by atoms with van der Waals surface area (Å²) in [4.78, 5) is 41.5. The van der Waals surface area contributed by atoms with Gasteiger partial charge < -0.3 is 19.1 Å². The molecule has 10 nitrogen and oxygen atoms in total. The van der Waals surface area contributed by atoms with Gasteiger partial charge in [-0.1, -0.05) is 13.0 Å². The van der Waals surface area contributed by atoms with Gasteiger partial charge >= 0.3 is 6.16 Å². The second-order valence-electron chi connectivity index (χ2n) is 11.1. The molecule has 2 heterocycles. The lowest BCUT2D eigenvalue weighted by atomic mass is 10.0. The van der Waals surface area contributed by atoms with Crippen molar-refractivity contribution in [3.8, 4) is 5.88 Å². The first-order valence-electron chi connectivity index (χ1n) is 13.2. The second-order valence-corrected chi connectivity index (χ2v) is 11.4. The minimum Gasteiger partial charge on any atom is -0.474 e. The number of fused-ring (bicyclic) bond motifs is 1. The van der Waals surface area contributed by atoms with E-state index in [1.54, 1.807) is 43.9 Å². The number of aromatic nitrogens is 2. The second kappa shape index (κ2) is 11.3. The number of hydrogen-bond donors (Lipinski definition) is 0. The molecule has 0 atom stereocenters. The van der Waals surface area contributed by atoms with Crippen LogP contribution >= 0.6 is 12.2 Å². The van der Waals surface area contributed by atoms with Gasteiger partial charge in [0.15, 0.2) is 10.8 Å². The fourth-order valence-corrected chi connectivity index (χ4v) is 4.97. The van der Waals surface area contributed by atoms with E-state index >= 15 is 0 Å². The number of carbonyl (C=O) groups is 2. The molecule has 1 fully saturated rings. The largest absolute Gasteiger partial charge is 0.508 e. The van der Waals surface area contributed by atoms with Crippen molar-refractivity contribution in [1.29, 1.82) is 0 Å². The normalized spacial score (nSPS) is 14.8. The third kappa shape index (κ3) is 6.07. The maximum absolute atomic E-state index is 13.7. The maximum atomic E-state index is 13.7. The Bertz CT molecular complexity index is 1570. The van der Waals surface area contributed by atoms with Crippen molar-refractivity contribution >= 4 is 57.4 Å². The molecule has 1 aliphatic heterocycles. The highest BCUT2D eigenvalue weighted by molar-refractivity contribution is 7.81. The Morgan fingerprint density at radius 3 is 2.44 bits per heavy atom. The van der Waals surface area contributed by atoms with Gasteiger partial charge in [-0.15, -0.1) is 0 Å². The molecule has 2 aromatic carbocycles. The zero-order chi connectivity index (χ0) is 30.1. The molecule has 0 radical (unpaired) electrons. The molecule has 1 aliphatic rings. The van der Waals surface area contributed by atoms with Gasteiger partial charge in [-0.3, -0.25) is 9.69 Å². The SMILES string of the molecule is [C-]#[N+]c1ccc(N2C(=O)C(C)(C)N(c3ccc4nc(CC)nc(OCCOC(=O)OC(C)(C)C)c4c3)C2=S)cc1C. The Morgan fingerprint density at radius 1 is 1.10 bits per heavy atom. The van der Waals surface area contributed by atoms with Gasteiger partial charge in [0.25, 0.3) is 5.91 Å². The highest BCUT2D eigenvalue weighted by Gasteiger charge is 2.50. The highest BCUT2D eigenvalue weighted by Crippen LogP contribution is 2.39.